The highest BCUT2D eigenvalue weighted by molar-refractivity contribution is 7.92. The van der Waals surface area contributed by atoms with Crippen LogP contribution in [0.1, 0.15) is 62.8 Å². The number of sulfonamides is 1. The second-order valence-electron chi connectivity index (χ2n) is 11.4. The van der Waals surface area contributed by atoms with Gasteiger partial charge in [-0.3, -0.25) is 9.10 Å². The summed E-state index contributed by atoms with van der Waals surface area (Å²) >= 11 is 0. The minimum absolute atomic E-state index is 0.0998. The third kappa shape index (κ3) is 6.82. The molecule has 0 spiro atoms. The van der Waals surface area contributed by atoms with Gasteiger partial charge in [-0.1, -0.05) is 63.6 Å². The molecule has 3 aromatic rings. The fourth-order valence-corrected chi connectivity index (χ4v) is 6.05. The molecule has 208 valence electrons. The second kappa shape index (κ2) is 11.4. The molecule has 0 aliphatic heterocycles. The highest BCUT2D eigenvalue weighted by Gasteiger charge is 2.36. The van der Waals surface area contributed by atoms with Gasteiger partial charge in [-0.2, -0.15) is 0 Å². The van der Waals surface area contributed by atoms with E-state index < -0.39 is 10.0 Å². The number of hydrogen-bond acceptors (Lipinski definition) is 4. The molecule has 0 atom stereocenters. The van der Waals surface area contributed by atoms with E-state index in [-0.39, 0.29) is 28.8 Å². The molecule has 0 bridgehead atoms. The van der Waals surface area contributed by atoms with Crippen LogP contribution in [-0.4, -0.2) is 38.9 Å². The van der Waals surface area contributed by atoms with Gasteiger partial charge in [-0.05, 0) is 84.7 Å². The monoisotopic (exact) mass is 548 g/mol. The van der Waals surface area contributed by atoms with Crippen molar-refractivity contribution in [2.75, 3.05) is 18.0 Å². The van der Waals surface area contributed by atoms with Crippen LogP contribution in [-0.2, 0) is 33.2 Å². The molecule has 1 saturated carbocycles. The summed E-state index contributed by atoms with van der Waals surface area (Å²) in [5.41, 5.74) is 4.55. The van der Waals surface area contributed by atoms with Gasteiger partial charge in [0.15, 0.2) is 0 Å². The van der Waals surface area contributed by atoms with E-state index in [2.05, 4.69) is 33.8 Å². The Bertz CT molecular complexity index is 1380. The van der Waals surface area contributed by atoms with E-state index in [0.717, 1.165) is 47.3 Å². The van der Waals surface area contributed by atoms with E-state index in [4.69, 9.17) is 4.74 Å². The summed E-state index contributed by atoms with van der Waals surface area (Å²) in [5, 5.41) is 0. The number of aryl methyl sites for hydroxylation is 2. The Morgan fingerprint density at radius 3 is 2.10 bits per heavy atom. The maximum absolute atomic E-state index is 14.0. The first kappa shape index (κ1) is 28.7. The minimum Gasteiger partial charge on any atom is -0.497 e. The van der Waals surface area contributed by atoms with Crippen LogP contribution in [0.3, 0.4) is 0 Å². The van der Waals surface area contributed by atoms with E-state index in [0.29, 0.717) is 12.2 Å². The number of ether oxygens (including phenoxy) is 1. The number of nitrogens with zero attached hydrogens (tertiary/aromatic N) is 2. The molecule has 0 heterocycles. The van der Waals surface area contributed by atoms with Crippen molar-refractivity contribution in [2.24, 2.45) is 0 Å². The normalized spacial score (nSPS) is 13.7. The van der Waals surface area contributed by atoms with Gasteiger partial charge in [0.05, 0.1) is 17.7 Å². The highest BCUT2D eigenvalue weighted by Crippen LogP contribution is 2.32. The molecule has 1 aliphatic carbocycles. The topological polar surface area (TPSA) is 66.9 Å². The minimum atomic E-state index is -3.99. The fourth-order valence-electron chi connectivity index (χ4n) is 4.64. The Labute approximate surface area is 233 Å². The Morgan fingerprint density at radius 2 is 1.56 bits per heavy atom. The van der Waals surface area contributed by atoms with E-state index in [9.17, 15) is 13.2 Å². The summed E-state index contributed by atoms with van der Waals surface area (Å²) in [5.74, 6) is 0.545. The first-order valence-corrected chi connectivity index (χ1v) is 15.0. The summed E-state index contributed by atoms with van der Waals surface area (Å²) in [6.45, 7) is 10.4. The summed E-state index contributed by atoms with van der Waals surface area (Å²) in [4.78, 5) is 15.8. The highest BCUT2D eigenvalue weighted by atomic mass is 32.2. The molecule has 1 fully saturated rings. The van der Waals surface area contributed by atoms with E-state index in [1.807, 2.05) is 48.2 Å². The third-order valence-corrected chi connectivity index (χ3v) is 9.03. The zero-order valence-electron chi connectivity index (χ0n) is 23.9. The maximum atomic E-state index is 14.0. The van der Waals surface area contributed by atoms with E-state index in [1.54, 1.807) is 31.4 Å². The molecule has 0 saturated heterocycles. The molecule has 1 amide bonds. The van der Waals surface area contributed by atoms with Gasteiger partial charge in [0.25, 0.3) is 10.0 Å². The molecule has 0 N–H and O–H groups in total. The van der Waals surface area contributed by atoms with Crippen molar-refractivity contribution in [2.45, 2.75) is 76.8 Å². The number of hydrogen-bond donors (Lipinski definition) is 0. The van der Waals surface area contributed by atoms with Crippen molar-refractivity contribution in [3.05, 3.63) is 89.0 Å². The number of carbonyl (C=O) groups is 1. The first-order chi connectivity index (χ1) is 18.4. The summed E-state index contributed by atoms with van der Waals surface area (Å²) in [6, 6.07) is 20.4. The van der Waals surface area contributed by atoms with Crippen molar-refractivity contribution < 1.29 is 17.9 Å². The number of benzene rings is 3. The molecule has 3 aromatic carbocycles. The van der Waals surface area contributed by atoms with Crippen molar-refractivity contribution >= 4 is 21.6 Å². The van der Waals surface area contributed by atoms with Crippen LogP contribution in [0.5, 0.6) is 5.75 Å². The number of amides is 1. The molecular weight excluding hydrogens is 508 g/mol. The molecule has 0 unspecified atom stereocenters. The lowest BCUT2D eigenvalue weighted by Crippen LogP contribution is -2.43. The Kier molecular flexibility index (Phi) is 8.40. The molecular formula is C32H40N2O4S. The van der Waals surface area contributed by atoms with Gasteiger partial charge in [0.2, 0.25) is 5.91 Å². The predicted octanol–water partition coefficient (Wildman–Crippen LogP) is 6.25. The largest absolute Gasteiger partial charge is 0.497 e. The van der Waals surface area contributed by atoms with Crippen LogP contribution in [0.2, 0.25) is 0 Å². The number of anilines is 1. The number of carbonyl (C=O) groups excluding carboxylic acids is 1. The van der Waals surface area contributed by atoms with Crippen molar-refractivity contribution in [1.82, 2.24) is 4.90 Å². The molecule has 0 radical (unpaired) electrons. The fraction of sp³-hybridized carbons (Fsp3) is 0.406. The van der Waals surface area contributed by atoms with Crippen molar-refractivity contribution in [1.29, 1.82) is 0 Å². The molecule has 4 rings (SSSR count). The first-order valence-electron chi connectivity index (χ1n) is 13.6. The zero-order chi connectivity index (χ0) is 28.4. The van der Waals surface area contributed by atoms with Crippen LogP contribution in [0, 0.1) is 6.92 Å². The molecule has 7 heteroatoms. The number of rotatable bonds is 10. The van der Waals surface area contributed by atoms with Gasteiger partial charge in [0, 0.05) is 12.6 Å². The molecule has 39 heavy (non-hydrogen) atoms. The lowest BCUT2D eigenvalue weighted by molar-refractivity contribution is -0.130. The Hall–Kier alpha value is -3.32. The average molecular weight is 549 g/mol. The van der Waals surface area contributed by atoms with Crippen LogP contribution in [0.25, 0.3) is 0 Å². The second-order valence-corrected chi connectivity index (χ2v) is 13.3. The lowest BCUT2D eigenvalue weighted by Gasteiger charge is -2.29. The van der Waals surface area contributed by atoms with Gasteiger partial charge in [-0.15, -0.1) is 0 Å². The third-order valence-electron chi connectivity index (χ3n) is 7.24. The van der Waals surface area contributed by atoms with Crippen LogP contribution >= 0.6 is 0 Å². The lowest BCUT2D eigenvalue weighted by atomic mass is 9.87. The molecule has 6 nitrogen and oxygen atoms in total. The SMILES string of the molecule is CCc1cc(CN(C(=O)CN(c2ccc(C)cc2)S(=O)(=O)c2ccc(C(C)(C)C)cc2)C2CC2)cc(OC)c1. The van der Waals surface area contributed by atoms with Gasteiger partial charge >= 0.3 is 0 Å². The standard InChI is InChI=1S/C32H40N2O4S/c1-7-24-18-25(20-29(19-24)38-6)21-33(27-14-15-27)31(35)22-34(28-12-8-23(2)9-13-28)39(36,37)30-16-10-26(11-17-30)32(3,4)5/h8-13,16-20,27H,7,14-15,21-22H2,1-6H3. The molecule has 0 aromatic heterocycles. The Balaban J connectivity index is 1.66. The summed E-state index contributed by atoms with van der Waals surface area (Å²) < 4.78 is 34.7. The van der Waals surface area contributed by atoms with Crippen LogP contribution in [0.15, 0.2) is 71.6 Å². The molecule has 1 aliphatic rings. The quantitative estimate of drug-likeness (QED) is 0.300. The number of methoxy groups -OCH3 is 1. The van der Waals surface area contributed by atoms with Crippen LogP contribution < -0.4 is 9.04 Å². The smallest absolute Gasteiger partial charge is 0.264 e. The van der Waals surface area contributed by atoms with E-state index >= 15 is 0 Å². The zero-order valence-corrected chi connectivity index (χ0v) is 24.7. The predicted molar refractivity (Wildman–Crippen MR) is 157 cm³/mol. The van der Waals surface area contributed by atoms with Gasteiger partial charge in [-0.25, -0.2) is 8.42 Å². The van der Waals surface area contributed by atoms with Crippen LogP contribution in [0.4, 0.5) is 5.69 Å². The van der Waals surface area contributed by atoms with Gasteiger partial charge in [0.1, 0.15) is 12.3 Å². The van der Waals surface area contributed by atoms with E-state index in [1.165, 1.54) is 4.31 Å². The van der Waals surface area contributed by atoms with Crippen molar-refractivity contribution in [3.63, 3.8) is 0 Å². The average Bonchev–Trinajstić information content (AvgIpc) is 3.75. The summed E-state index contributed by atoms with van der Waals surface area (Å²) in [7, 11) is -2.35. The Morgan fingerprint density at radius 1 is 0.949 bits per heavy atom. The summed E-state index contributed by atoms with van der Waals surface area (Å²) in [6.07, 6.45) is 2.69. The maximum Gasteiger partial charge on any atom is 0.264 e. The van der Waals surface area contributed by atoms with Gasteiger partial charge < -0.3 is 9.64 Å². The van der Waals surface area contributed by atoms with Crippen molar-refractivity contribution in [3.8, 4) is 5.75 Å².